The van der Waals surface area contributed by atoms with Crippen LogP contribution >= 0.6 is 11.3 Å². The number of nitrogens with zero attached hydrogens (tertiary/aromatic N) is 4. The number of methoxy groups -OCH3 is 1. The molecule has 0 saturated heterocycles. The molecule has 5 rings (SSSR count). The van der Waals surface area contributed by atoms with E-state index in [2.05, 4.69) is 74.0 Å². The Kier molecular flexibility index (Phi) is 8.46. The van der Waals surface area contributed by atoms with Crippen LogP contribution in [0.15, 0.2) is 60.1 Å². The predicted molar refractivity (Wildman–Crippen MR) is 152 cm³/mol. The Morgan fingerprint density at radius 2 is 1.97 bits per heavy atom. The standard InChI is InChI=1S/C30H29N5O3S/c1-4-6-22(16-29-32-34-35-33-29)23-10-12-30(31-17-23)38-18-21-9-11-28-25(15-21)26(19-39-28)24-7-5-8-27(20(24)2)37-14-13-36-3/h5,7-12,15,17,19,22H,13-14,16,18H2,1-3H3,(H,32,33,34,35). The highest BCUT2D eigenvalue weighted by molar-refractivity contribution is 7.17. The summed E-state index contributed by atoms with van der Waals surface area (Å²) >= 11 is 1.74. The van der Waals surface area contributed by atoms with Crippen molar-refractivity contribution in [2.24, 2.45) is 0 Å². The van der Waals surface area contributed by atoms with E-state index in [9.17, 15) is 0 Å². The fraction of sp³-hybridized carbons (Fsp3) is 0.267. The van der Waals surface area contributed by atoms with Crippen molar-refractivity contribution < 1.29 is 14.2 Å². The van der Waals surface area contributed by atoms with Crippen molar-refractivity contribution in [1.82, 2.24) is 25.6 Å². The van der Waals surface area contributed by atoms with Gasteiger partial charge in [0, 0.05) is 41.4 Å². The van der Waals surface area contributed by atoms with E-state index in [1.54, 1.807) is 24.6 Å². The van der Waals surface area contributed by atoms with Gasteiger partial charge in [0.05, 0.1) is 12.5 Å². The Bertz CT molecular complexity index is 1590. The first kappa shape index (κ1) is 26.4. The summed E-state index contributed by atoms with van der Waals surface area (Å²) in [5.74, 6) is 8.17. The van der Waals surface area contributed by atoms with Gasteiger partial charge in [0.1, 0.15) is 19.0 Å². The number of rotatable bonds is 11. The number of hydrogen-bond acceptors (Lipinski definition) is 8. The molecule has 1 unspecified atom stereocenters. The summed E-state index contributed by atoms with van der Waals surface area (Å²) in [6.45, 7) is 5.41. The Morgan fingerprint density at radius 1 is 1.05 bits per heavy atom. The zero-order valence-electron chi connectivity index (χ0n) is 22.1. The second-order valence-corrected chi connectivity index (χ2v) is 9.86. The third-order valence-corrected chi connectivity index (χ3v) is 7.36. The van der Waals surface area contributed by atoms with E-state index in [1.807, 2.05) is 31.2 Å². The molecule has 1 atom stereocenters. The van der Waals surface area contributed by atoms with E-state index in [0.717, 1.165) is 28.0 Å². The molecule has 3 aromatic heterocycles. The SMILES string of the molecule is CC#CC(Cc1nn[nH]n1)c1ccc(OCc2ccc3scc(-c4cccc(OCCOC)c4C)c3c2)nc1. The van der Waals surface area contributed by atoms with Crippen LogP contribution in [0.5, 0.6) is 11.6 Å². The number of tetrazole rings is 1. The average Bonchev–Trinajstić information content (AvgIpc) is 3.63. The number of H-pyrrole nitrogens is 1. The second-order valence-electron chi connectivity index (χ2n) is 8.95. The molecule has 1 N–H and O–H groups in total. The molecule has 5 aromatic rings. The van der Waals surface area contributed by atoms with E-state index in [-0.39, 0.29) is 5.92 Å². The zero-order chi connectivity index (χ0) is 27.0. The number of nitrogens with one attached hydrogen (secondary N) is 1. The minimum absolute atomic E-state index is 0.0686. The Morgan fingerprint density at radius 3 is 2.74 bits per heavy atom. The molecule has 0 spiro atoms. The van der Waals surface area contributed by atoms with Gasteiger partial charge in [-0.05, 0) is 59.7 Å². The van der Waals surface area contributed by atoms with Crippen LogP contribution in [0.2, 0.25) is 0 Å². The second kappa shape index (κ2) is 12.5. The minimum Gasteiger partial charge on any atom is -0.491 e. The van der Waals surface area contributed by atoms with Crippen molar-refractivity contribution in [2.75, 3.05) is 20.3 Å². The highest BCUT2D eigenvalue weighted by Crippen LogP contribution is 2.38. The van der Waals surface area contributed by atoms with Crippen LogP contribution in [0, 0.1) is 18.8 Å². The first-order chi connectivity index (χ1) is 19.2. The summed E-state index contributed by atoms with van der Waals surface area (Å²) in [5.41, 5.74) is 5.53. The van der Waals surface area contributed by atoms with Crippen molar-refractivity contribution >= 4 is 21.4 Å². The third-order valence-electron chi connectivity index (χ3n) is 6.40. The van der Waals surface area contributed by atoms with Gasteiger partial charge in [0.15, 0.2) is 5.82 Å². The number of pyridine rings is 1. The molecule has 3 heterocycles. The van der Waals surface area contributed by atoms with E-state index in [1.165, 1.54) is 15.6 Å². The highest BCUT2D eigenvalue weighted by Gasteiger charge is 2.15. The maximum atomic E-state index is 6.05. The summed E-state index contributed by atoms with van der Waals surface area (Å²) in [7, 11) is 1.68. The van der Waals surface area contributed by atoms with Crippen molar-refractivity contribution in [3.8, 4) is 34.6 Å². The zero-order valence-corrected chi connectivity index (χ0v) is 22.9. The van der Waals surface area contributed by atoms with Crippen molar-refractivity contribution in [3.05, 3.63) is 82.6 Å². The summed E-state index contributed by atoms with van der Waals surface area (Å²) in [6, 6.07) is 16.5. The molecular weight excluding hydrogens is 510 g/mol. The molecule has 0 radical (unpaired) electrons. The topological polar surface area (TPSA) is 95.0 Å². The molecule has 0 bridgehead atoms. The number of hydrogen-bond donors (Lipinski definition) is 1. The molecule has 2 aromatic carbocycles. The molecule has 0 saturated carbocycles. The van der Waals surface area contributed by atoms with Gasteiger partial charge in [-0.1, -0.05) is 35.4 Å². The number of thiophene rings is 1. The Balaban J connectivity index is 1.30. The summed E-state index contributed by atoms with van der Waals surface area (Å²) in [5, 5.41) is 17.6. The first-order valence-electron chi connectivity index (χ1n) is 12.6. The van der Waals surface area contributed by atoms with Crippen molar-refractivity contribution in [3.63, 3.8) is 0 Å². The van der Waals surface area contributed by atoms with E-state index in [4.69, 9.17) is 14.2 Å². The van der Waals surface area contributed by atoms with Gasteiger partial charge >= 0.3 is 0 Å². The fourth-order valence-corrected chi connectivity index (χ4v) is 5.33. The van der Waals surface area contributed by atoms with Gasteiger partial charge in [0.25, 0.3) is 0 Å². The number of fused-ring (bicyclic) bond motifs is 1. The molecule has 0 aliphatic carbocycles. The fourth-order valence-electron chi connectivity index (χ4n) is 4.39. The number of aromatic nitrogens is 5. The van der Waals surface area contributed by atoms with Gasteiger partial charge in [-0.25, -0.2) is 4.98 Å². The molecule has 8 nitrogen and oxygen atoms in total. The summed E-state index contributed by atoms with van der Waals surface area (Å²) < 4.78 is 18.3. The van der Waals surface area contributed by atoms with Crippen molar-refractivity contribution in [2.45, 2.75) is 32.8 Å². The first-order valence-corrected chi connectivity index (χ1v) is 13.5. The molecule has 198 valence electrons. The summed E-state index contributed by atoms with van der Waals surface area (Å²) in [4.78, 5) is 4.52. The predicted octanol–water partition coefficient (Wildman–Crippen LogP) is 5.74. The molecule has 0 aliphatic heterocycles. The lowest BCUT2D eigenvalue weighted by atomic mass is 9.97. The van der Waals surface area contributed by atoms with Crippen LogP contribution in [0.25, 0.3) is 21.2 Å². The lowest BCUT2D eigenvalue weighted by Crippen LogP contribution is -2.05. The Hall–Kier alpha value is -4.26. The molecule has 39 heavy (non-hydrogen) atoms. The molecule has 0 fully saturated rings. The van der Waals surface area contributed by atoms with Gasteiger partial charge in [-0.2, -0.15) is 5.21 Å². The van der Waals surface area contributed by atoms with Gasteiger partial charge in [-0.15, -0.1) is 27.5 Å². The lowest BCUT2D eigenvalue weighted by Gasteiger charge is -2.13. The maximum Gasteiger partial charge on any atom is 0.213 e. The van der Waals surface area contributed by atoms with Gasteiger partial charge < -0.3 is 14.2 Å². The highest BCUT2D eigenvalue weighted by atomic mass is 32.1. The van der Waals surface area contributed by atoms with Gasteiger partial charge in [-0.3, -0.25) is 0 Å². The smallest absolute Gasteiger partial charge is 0.213 e. The monoisotopic (exact) mass is 539 g/mol. The maximum absolute atomic E-state index is 6.05. The number of aromatic amines is 1. The van der Waals surface area contributed by atoms with Crippen molar-refractivity contribution in [1.29, 1.82) is 0 Å². The van der Waals surface area contributed by atoms with Gasteiger partial charge in [0.2, 0.25) is 5.88 Å². The average molecular weight is 540 g/mol. The quantitative estimate of drug-likeness (QED) is 0.169. The molecular formula is C30H29N5O3S. The third kappa shape index (κ3) is 6.25. The molecule has 0 aliphatic rings. The van der Waals surface area contributed by atoms with Crippen LogP contribution in [0.4, 0.5) is 0 Å². The lowest BCUT2D eigenvalue weighted by molar-refractivity contribution is 0.146. The normalized spacial score (nSPS) is 11.7. The molecule has 0 amide bonds. The van der Waals surface area contributed by atoms with Crippen LogP contribution in [-0.4, -0.2) is 45.9 Å². The van der Waals surface area contributed by atoms with Crippen LogP contribution < -0.4 is 9.47 Å². The largest absolute Gasteiger partial charge is 0.491 e. The molecule has 9 heteroatoms. The number of benzene rings is 2. The van der Waals surface area contributed by atoms with E-state index >= 15 is 0 Å². The van der Waals surface area contributed by atoms with Crippen LogP contribution in [0.3, 0.4) is 0 Å². The van der Waals surface area contributed by atoms with E-state index < -0.39 is 0 Å². The number of ether oxygens (including phenoxy) is 3. The summed E-state index contributed by atoms with van der Waals surface area (Å²) in [6.07, 6.45) is 2.36. The minimum atomic E-state index is -0.0686. The van der Waals surface area contributed by atoms with Crippen LogP contribution in [-0.2, 0) is 17.8 Å². The van der Waals surface area contributed by atoms with E-state index in [0.29, 0.717) is 37.9 Å². The van der Waals surface area contributed by atoms with Crippen LogP contribution in [0.1, 0.15) is 35.4 Å². The Labute approximate surface area is 231 Å².